The first-order valence-electron chi connectivity index (χ1n) is 11.3. The predicted molar refractivity (Wildman–Crippen MR) is 127 cm³/mol. The summed E-state index contributed by atoms with van der Waals surface area (Å²) in [5.74, 6) is 0.203. The highest BCUT2D eigenvalue weighted by Gasteiger charge is 2.25. The highest BCUT2D eigenvalue weighted by molar-refractivity contribution is 6.30. The van der Waals surface area contributed by atoms with E-state index >= 15 is 0 Å². The molecule has 2 amide bonds. The van der Waals surface area contributed by atoms with Crippen molar-refractivity contribution in [2.24, 2.45) is 0 Å². The number of nitrogens with one attached hydrogen (secondary N) is 1. The summed E-state index contributed by atoms with van der Waals surface area (Å²) in [6.07, 6.45) is 4.98. The molecule has 0 saturated carbocycles. The molecule has 0 bridgehead atoms. The number of rotatable bonds is 7. The average Bonchev–Trinajstić information content (AvgIpc) is 2.84. The zero-order valence-corrected chi connectivity index (χ0v) is 19.7. The van der Waals surface area contributed by atoms with Crippen molar-refractivity contribution in [2.45, 2.75) is 45.2 Å². The summed E-state index contributed by atoms with van der Waals surface area (Å²) in [6.45, 7) is 2.52. The Bertz CT molecular complexity index is 1180. The van der Waals surface area contributed by atoms with E-state index in [0.29, 0.717) is 25.1 Å². The average molecular weight is 484 g/mol. The number of pyridine rings is 1. The second-order valence-electron chi connectivity index (χ2n) is 8.41. The lowest BCUT2D eigenvalue weighted by molar-refractivity contribution is 0.176. The van der Waals surface area contributed by atoms with Crippen LogP contribution in [-0.4, -0.2) is 44.1 Å². The van der Waals surface area contributed by atoms with Crippen molar-refractivity contribution in [3.63, 3.8) is 0 Å². The number of hydrogen-bond acceptors (Lipinski definition) is 5. The second-order valence-corrected chi connectivity index (χ2v) is 8.82. The number of aryl methyl sites for hydroxylation is 3. The third-order valence-corrected chi connectivity index (χ3v) is 6.18. The molecule has 0 unspecified atom stereocenters. The molecule has 7 nitrogen and oxygen atoms in total. The van der Waals surface area contributed by atoms with Crippen LogP contribution in [0.15, 0.2) is 42.6 Å². The quantitative estimate of drug-likeness (QED) is 0.531. The van der Waals surface area contributed by atoms with Gasteiger partial charge in [-0.25, -0.2) is 19.2 Å². The number of nitrogens with zero attached hydrogens (tertiary/aromatic N) is 4. The lowest BCUT2D eigenvalue weighted by Crippen LogP contribution is -2.45. The summed E-state index contributed by atoms with van der Waals surface area (Å²) < 4.78 is 13.5. The van der Waals surface area contributed by atoms with Crippen LogP contribution in [0.1, 0.15) is 46.5 Å². The van der Waals surface area contributed by atoms with E-state index in [1.54, 1.807) is 4.90 Å². The summed E-state index contributed by atoms with van der Waals surface area (Å²) in [5, 5.41) is 12.5. The first-order valence-corrected chi connectivity index (χ1v) is 11.7. The van der Waals surface area contributed by atoms with Gasteiger partial charge in [0.05, 0.1) is 29.9 Å². The molecule has 9 heteroatoms. The fourth-order valence-electron chi connectivity index (χ4n) is 4.01. The van der Waals surface area contributed by atoms with Crippen molar-refractivity contribution in [3.05, 3.63) is 87.5 Å². The maximum atomic E-state index is 13.5. The molecule has 4 rings (SSSR count). The standard InChI is InChI=1S/C25H27ClFN5O2/c1-16-4-2-5-19(29-16)6-3-7-24-28-13-18-10-11-32(14-22(18)30-24)25(34)31-23(15-33)17-8-9-21(27)20(26)12-17/h2,4-5,8-9,12-13,23,33H,3,6-7,10-11,14-15H2,1H3,(H,31,34)/t23-/m1/s1. The normalized spacial score (nSPS) is 13.9. The van der Waals surface area contributed by atoms with Crippen molar-refractivity contribution in [1.82, 2.24) is 25.2 Å². The fraction of sp³-hybridized carbons (Fsp3) is 0.360. The Balaban J connectivity index is 1.36. The van der Waals surface area contributed by atoms with Gasteiger partial charge in [-0.1, -0.05) is 23.7 Å². The van der Waals surface area contributed by atoms with Crippen LogP contribution in [0.5, 0.6) is 0 Å². The number of aromatic nitrogens is 3. The van der Waals surface area contributed by atoms with Crippen LogP contribution in [0.2, 0.25) is 5.02 Å². The fourth-order valence-corrected chi connectivity index (χ4v) is 4.20. The molecule has 0 spiro atoms. The number of hydrogen-bond donors (Lipinski definition) is 2. The highest BCUT2D eigenvalue weighted by atomic mass is 35.5. The Labute approximate surface area is 203 Å². The molecule has 34 heavy (non-hydrogen) atoms. The lowest BCUT2D eigenvalue weighted by atomic mass is 10.1. The van der Waals surface area contributed by atoms with Gasteiger partial charge in [0.1, 0.15) is 11.6 Å². The topological polar surface area (TPSA) is 91.2 Å². The second kappa shape index (κ2) is 10.9. The molecular weight excluding hydrogens is 457 g/mol. The van der Waals surface area contributed by atoms with Gasteiger partial charge in [-0.2, -0.15) is 0 Å². The number of amides is 2. The van der Waals surface area contributed by atoms with Crippen LogP contribution in [0.25, 0.3) is 0 Å². The van der Waals surface area contributed by atoms with Gasteiger partial charge in [-0.05, 0) is 61.6 Å². The maximum Gasteiger partial charge on any atom is 0.318 e. The molecule has 2 N–H and O–H groups in total. The number of halogens is 2. The van der Waals surface area contributed by atoms with Crippen molar-refractivity contribution >= 4 is 17.6 Å². The van der Waals surface area contributed by atoms with E-state index in [9.17, 15) is 14.3 Å². The zero-order valence-electron chi connectivity index (χ0n) is 19.0. The van der Waals surface area contributed by atoms with E-state index < -0.39 is 11.9 Å². The van der Waals surface area contributed by atoms with E-state index in [2.05, 4.69) is 15.3 Å². The highest BCUT2D eigenvalue weighted by Crippen LogP contribution is 2.22. The minimum absolute atomic E-state index is 0.0560. The van der Waals surface area contributed by atoms with Gasteiger partial charge in [0.2, 0.25) is 0 Å². The summed E-state index contributed by atoms with van der Waals surface area (Å²) in [5.41, 5.74) is 4.48. The van der Waals surface area contributed by atoms with E-state index in [4.69, 9.17) is 16.6 Å². The number of aliphatic hydroxyl groups excluding tert-OH is 1. The Morgan fingerprint density at radius 1 is 1.26 bits per heavy atom. The number of urea groups is 1. The summed E-state index contributed by atoms with van der Waals surface area (Å²) in [7, 11) is 0. The smallest absolute Gasteiger partial charge is 0.318 e. The Hall–Kier alpha value is -3.10. The van der Waals surface area contributed by atoms with Crippen molar-refractivity contribution < 1.29 is 14.3 Å². The Kier molecular flexibility index (Phi) is 7.70. The van der Waals surface area contributed by atoms with E-state index in [1.807, 2.05) is 31.3 Å². The van der Waals surface area contributed by atoms with Crippen LogP contribution in [0.3, 0.4) is 0 Å². The van der Waals surface area contributed by atoms with Gasteiger partial charge >= 0.3 is 6.03 Å². The van der Waals surface area contributed by atoms with E-state index in [-0.39, 0.29) is 17.7 Å². The van der Waals surface area contributed by atoms with Gasteiger partial charge in [-0.3, -0.25) is 4.98 Å². The largest absolute Gasteiger partial charge is 0.394 e. The van der Waals surface area contributed by atoms with Gasteiger partial charge in [0, 0.05) is 30.6 Å². The third-order valence-electron chi connectivity index (χ3n) is 5.89. The molecule has 0 aliphatic carbocycles. The molecular formula is C25H27ClFN5O2. The van der Waals surface area contributed by atoms with Gasteiger partial charge in [0.25, 0.3) is 0 Å². The van der Waals surface area contributed by atoms with Gasteiger partial charge in [0.15, 0.2) is 0 Å². The molecule has 178 valence electrons. The zero-order chi connectivity index (χ0) is 24.1. The lowest BCUT2D eigenvalue weighted by Gasteiger charge is -2.30. The minimum Gasteiger partial charge on any atom is -0.394 e. The first-order chi connectivity index (χ1) is 16.4. The van der Waals surface area contributed by atoms with Crippen molar-refractivity contribution in [1.29, 1.82) is 0 Å². The maximum absolute atomic E-state index is 13.5. The van der Waals surface area contributed by atoms with Gasteiger partial charge < -0.3 is 15.3 Å². The van der Waals surface area contributed by atoms with Crippen molar-refractivity contribution in [3.8, 4) is 0 Å². The molecule has 0 fully saturated rings. The molecule has 1 aromatic carbocycles. The summed E-state index contributed by atoms with van der Waals surface area (Å²) in [4.78, 5) is 28.3. The summed E-state index contributed by atoms with van der Waals surface area (Å²) in [6, 6.07) is 9.14. The predicted octanol–water partition coefficient (Wildman–Crippen LogP) is 3.95. The van der Waals surface area contributed by atoms with Gasteiger partial charge in [-0.15, -0.1) is 0 Å². The molecule has 0 saturated heterocycles. The molecule has 1 aliphatic heterocycles. The molecule has 1 aliphatic rings. The molecule has 1 atom stereocenters. The van der Waals surface area contributed by atoms with Crippen LogP contribution in [0, 0.1) is 12.7 Å². The SMILES string of the molecule is Cc1cccc(CCCc2ncc3c(n2)CN(C(=O)N[C@H](CO)c2ccc(F)c(Cl)c2)CC3)n1. The number of fused-ring (bicyclic) bond motifs is 1. The molecule has 2 aromatic heterocycles. The number of carbonyl (C=O) groups excluding carboxylic acids is 1. The molecule has 0 radical (unpaired) electrons. The van der Waals surface area contributed by atoms with Crippen molar-refractivity contribution in [2.75, 3.05) is 13.2 Å². The summed E-state index contributed by atoms with van der Waals surface area (Å²) >= 11 is 5.85. The monoisotopic (exact) mass is 483 g/mol. The Morgan fingerprint density at radius 2 is 2.12 bits per heavy atom. The van der Waals surface area contributed by atoms with Crippen LogP contribution >= 0.6 is 11.6 Å². The first kappa shape index (κ1) is 24.0. The van der Waals surface area contributed by atoms with Crippen LogP contribution in [0.4, 0.5) is 9.18 Å². The van der Waals surface area contributed by atoms with E-state index in [0.717, 1.165) is 47.7 Å². The molecule has 3 aromatic rings. The molecule has 3 heterocycles. The third kappa shape index (κ3) is 5.87. The van der Waals surface area contributed by atoms with E-state index in [1.165, 1.54) is 18.2 Å². The van der Waals surface area contributed by atoms with Crippen LogP contribution in [-0.2, 0) is 25.8 Å². The number of carbonyl (C=O) groups is 1. The number of benzene rings is 1. The minimum atomic E-state index is -0.691. The van der Waals surface area contributed by atoms with Crippen LogP contribution < -0.4 is 5.32 Å². The Morgan fingerprint density at radius 3 is 2.88 bits per heavy atom. The number of aliphatic hydroxyl groups is 1.